The standard InChI is InChI=1S/C11H10FN3O3S/c1-7(12)18-8-3-2-4-9-10(8)11(14-6-5-13)15-19(9,16)17/h2-4,7H,6H2,1H3,(H,14,15). The zero-order chi connectivity index (χ0) is 14.0. The lowest BCUT2D eigenvalue weighted by Gasteiger charge is -2.10. The van der Waals surface area contributed by atoms with E-state index in [0.717, 1.165) is 0 Å². The van der Waals surface area contributed by atoms with Gasteiger partial charge in [0.25, 0.3) is 10.0 Å². The lowest BCUT2D eigenvalue weighted by Crippen LogP contribution is -2.22. The van der Waals surface area contributed by atoms with Crippen LogP contribution in [-0.2, 0) is 10.0 Å². The van der Waals surface area contributed by atoms with Crippen molar-refractivity contribution in [1.82, 2.24) is 4.72 Å². The summed E-state index contributed by atoms with van der Waals surface area (Å²) in [5.41, 5.74) is 0.155. The Labute approximate surface area is 109 Å². The van der Waals surface area contributed by atoms with Gasteiger partial charge >= 0.3 is 0 Å². The number of ether oxygens (including phenoxy) is 1. The number of amidine groups is 1. The van der Waals surface area contributed by atoms with Crippen molar-refractivity contribution in [3.63, 3.8) is 0 Å². The molecule has 100 valence electrons. The van der Waals surface area contributed by atoms with Crippen LogP contribution in [0, 0.1) is 11.3 Å². The van der Waals surface area contributed by atoms with E-state index in [-0.39, 0.29) is 28.6 Å². The molecule has 1 atom stereocenters. The van der Waals surface area contributed by atoms with Gasteiger partial charge < -0.3 is 4.74 Å². The van der Waals surface area contributed by atoms with Gasteiger partial charge in [-0.25, -0.2) is 12.8 Å². The molecule has 2 rings (SSSR count). The molecule has 1 heterocycles. The van der Waals surface area contributed by atoms with Gasteiger partial charge in [-0.3, -0.25) is 9.71 Å². The monoisotopic (exact) mass is 283 g/mol. The van der Waals surface area contributed by atoms with E-state index in [1.165, 1.54) is 25.1 Å². The van der Waals surface area contributed by atoms with Crippen LogP contribution in [0.25, 0.3) is 0 Å². The maximum Gasteiger partial charge on any atom is 0.263 e. The molecular formula is C11H10FN3O3S. The van der Waals surface area contributed by atoms with Crippen LogP contribution >= 0.6 is 0 Å². The molecule has 0 aliphatic carbocycles. The van der Waals surface area contributed by atoms with E-state index < -0.39 is 16.4 Å². The van der Waals surface area contributed by atoms with E-state index in [1.807, 2.05) is 0 Å². The first-order chi connectivity index (χ1) is 8.95. The topological polar surface area (TPSA) is 91.5 Å². The molecule has 1 aromatic carbocycles. The summed E-state index contributed by atoms with van der Waals surface area (Å²) in [5, 5.41) is 8.49. The highest BCUT2D eigenvalue weighted by molar-refractivity contribution is 7.90. The number of hydrogen-bond acceptors (Lipinski definition) is 5. The fourth-order valence-electron chi connectivity index (χ4n) is 1.70. The molecule has 0 saturated carbocycles. The number of rotatable bonds is 3. The van der Waals surface area contributed by atoms with Gasteiger partial charge in [0.05, 0.1) is 11.6 Å². The third kappa shape index (κ3) is 2.51. The van der Waals surface area contributed by atoms with Crippen LogP contribution in [0.2, 0.25) is 0 Å². The Kier molecular flexibility index (Phi) is 3.40. The maximum atomic E-state index is 12.9. The number of sulfonamides is 1. The highest BCUT2D eigenvalue weighted by Gasteiger charge is 2.34. The number of fused-ring (bicyclic) bond motifs is 1. The zero-order valence-electron chi connectivity index (χ0n) is 9.92. The van der Waals surface area contributed by atoms with Gasteiger partial charge in [-0.2, -0.15) is 5.26 Å². The molecule has 8 heteroatoms. The highest BCUT2D eigenvalue weighted by atomic mass is 32.2. The van der Waals surface area contributed by atoms with E-state index >= 15 is 0 Å². The van der Waals surface area contributed by atoms with E-state index in [1.54, 1.807) is 6.07 Å². The Balaban J connectivity index is 2.60. The van der Waals surface area contributed by atoms with Crippen molar-refractivity contribution >= 4 is 15.9 Å². The highest BCUT2D eigenvalue weighted by Crippen LogP contribution is 2.31. The molecule has 19 heavy (non-hydrogen) atoms. The van der Waals surface area contributed by atoms with Crippen LogP contribution in [0.3, 0.4) is 0 Å². The lowest BCUT2D eigenvalue weighted by molar-refractivity contribution is 0.0856. The third-order valence-corrected chi connectivity index (χ3v) is 3.72. The van der Waals surface area contributed by atoms with Crippen LogP contribution in [-0.4, -0.2) is 27.2 Å². The van der Waals surface area contributed by atoms with Crippen molar-refractivity contribution in [3.8, 4) is 11.8 Å². The number of nitriles is 1. The summed E-state index contributed by atoms with van der Waals surface area (Å²) in [5.74, 6) is 0.0607. The fraction of sp³-hybridized carbons (Fsp3) is 0.273. The van der Waals surface area contributed by atoms with Crippen molar-refractivity contribution in [2.24, 2.45) is 4.99 Å². The van der Waals surface area contributed by atoms with E-state index in [0.29, 0.717) is 0 Å². The van der Waals surface area contributed by atoms with Crippen molar-refractivity contribution in [2.45, 2.75) is 18.2 Å². The Morgan fingerprint density at radius 3 is 2.95 bits per heavy atom. The predicted octanol–water partition coefficient (Wildman–Crippen LogP) is 0.943. The molecule has 1 aromatic rings. The van der Waals surface area contributed by atoms with Crippen LogP contribution in [0.15, 0.2) is 28.1 Å². The predicted molar refractivity (Wildman–Crippen MR) is 65.0 cm³/mol. The van der Waals surface area contributed by atoms with Gasteiger partial charge in [-0.15, -0.1) is 0 Å². The molecule has 1 unspecified atom stereocenters. The minimum absolute atomic E-state index is 0.00667. The van der Waals surface area contributed by atoms with Gasteiger partial charge in [0.15, 0.2) is 0 Å². The summed E-state index contributed by atoms with van der Waals surface area (Å²) in [6, 6.07) is 6.03. The zero-order valence-corrected chi connectivity index (χ0v) is 10.7. The van der Waals surface area contributed by atoms with Gasteiger partial charge in [0, 0.05) is 6.92 Å². The molecule has 6 nitrogen and oxygen atoms in total. The Hall–Kier alpha value is -2.14. The smallest absolute Gasteiger partial charge is 0.263 e. The van der Waals surface area contributed by atoms with E-state index in [2.05, 4.69) is 9.71 Å². The summed E-state index contributed by atoms with van der Waals surface area (Å²) in [4.78, 5) is 3.77. The van der Waals surface area contributed by atoms with Crippen molar-refractivity contribution < 1.29 is 17.5 Å². The first kappa shape index (κ1) is 13.3. The average Bonchev–Trinajstić information content (AvgIpc) is 2.59. The quantitative estimate of drug-likeness (QED) is 0.836. The number of benzene rings is 1. The number of halogens is 1. The second kappa shape index (κ2) is 4.85. The number of alkyl halides is 1. The van der Waals surface area contributed by atoms with Crippen molar-refractivity contribution in [1.29, 1.82) is 5.26 Å². The van der Waals surface area contributed by atoms with Gasteiger partial charge in [-0.05, 0) is 12.1 Å². The minimum Gasteiger partial charge on any atom is -0.460 e. The Bertz CT molecular complexity index is 677. The average molecular weight is 283 g/mol. The summed E-state index contributed by atoms with van der Waals surface area (Å²) < 4.78 is 43.8. The molecular weight excluding hydrogens is 273 g/mol. The molecule has 0 saturated heterocycles. The third-order valence-electron chi connectivity index (χ3n) is 2.34. The molecule has 1 N–H and O–H groups in total. The molecule has 0 fully saturated rings. The van der Waals surface area contributed by atoms with E-state index in [4.69, 9.17) is 10.00 Å². The summed E-state index contributed by atoms with van der Waals surface area (Å²) in [6.07, 6.45) is -1.59. The second-order valence-electron chi connectivity index (χ2n) is 3.72. The number of nitrogens with zero attached hydrogens (tertiary/aromatic N) is 2. The number of aliphatic imine (C=N–C) groups is 1. The molecule has 0 radical (unpaired) electrons. The van der Waals surface area contributed by atoms with Crippen LogP contribution in [0.1, 0.15) is 12.5 Å². The van der Waals surface area contributed by atoms with Crippen LogP contribution < -0.4 is 9.46 Å². The summed E-state index contributed by atoms with van der Waals surface area (Å²) >= 11 is 0. The molecule has 0 bridgehead atoms. The first-order valence-electron chi connectivity index (χ1n) is 5.34. The molecule has 0 amide bonds. The van der Waals surface area contributed by atoms with Gasteiger partial charge in [0.1, 0.15) is 23.0 Å². The SMILES string of the molecule is CC(F)Oc1cccc2c1C(=NCC#N)NS2(=O)=O. The molecule has 1 aliphatic rings. The maximum absolute atomic E-state index is 12.9. The van der Waals surface area contributed by atoms with Crippen LogP contribution in [0.4, 0.5) is 4.39 Å². The first-order valence-corrected chi connectivity index (χ1v) is 6.82. The second-order valence-corrected chi connectivity index (χ2v) is 5.37. The molecule has 0 spiro atoms. The van der Waals surface area contributed by atoms with E-state index in [9.17, 15) is 12.8 Å². The normalized spacial score (nSPS) is 19.3. The minimum atomic E-state index is -3.74. The Morgan fingerprint density at radius 1 is 1.58 bits per heavy atom. The largest absolute Gasteiger partial charge is 0.460 e. The van der Waals surface area contributed by atoms with Crippen molar-refractivity contribution in [3.05, 3.63) is 23.8 Å². The summed E-state index contributed by atoms with van der Waals surface area (Å²) in [6.45, 7) is 0.971. The van der Waals surface area contributed by atoms with Gasteiger partial charge in [-0.1, -0.05) is 6.07 Å². The summed E-state index contributed by atoms with van der Waals surface area (Å²) in [7, 11) is -3.74. The Morgan fingerprint density at radius 2 is 2.32 bits per heavy atom. The van der Waals surface area contributed by atoms with Crippen molar-refractivity contribution in [2.75, 3.05) is 6.54 Å². The number of nitrogens with one attached hydrogen (secondary N) is 1. The number of hydrogen-bond donors (Lipinski definition) is 1. The lowest BCUT2D eigenvalue weighted by atomic mass is 10.2. The van der Waals surface area contributed by atoms with Crippen LogP contribution in [0.5, 0.6) is 5.75 Å². The van der Waals surface area contributed by atoms with Gasteiger partial charge in [0.2, 0.25) is 6.36 Å². The molecule has 0 aromatic heterocycles. The fourth-order valence-corrected chi connectivity index (χ4v) is 2.96. The molecule has 1 aliphatic heterocycles.